The molecule has 0 saturated carbocycles. The van der Waals surface area contributed by atoms with E-state index in [2.05, 4.69) is 5.32 Å². The van der Waals surface area contributed by atoms with Gasteiger partial charge in [0, 0.05) is 11.6 Å². The maximum atomic E-state index is 13.4. The summed E-state index contributed by atoms with van der Waals surface area (Å²) >= 11 is 0. The van der Waals surface area contributed by atoms with E-state index in [1.54, 1.807) is 7.05 Å². The number of hydrogen-bond donors (Lipinski definition) is 2. The minimum Gasteiger partial charge on any atom is -0.481 e. The highest BCUT2D eigenvalue weighted by molar-refractivity contribution is 5.76. The molecule has 1 atom stereocenters. The molecule has 5 heteroatoms. The van der Waals surface area contributed by atoms with Gasteiger partial charge in [-0.25, -0.2) is 8.78 Å². The zero-order valence-corrected chi connectivity index (χ0v) is 8.84. The number of halogens is 2. The molecule has 1 aromatic rings. The van der Waals surface area contributed by atoms with Crippen LogP contribution in [0.15, 0.2) is 18.2 Å². The summed E-state index contributed by atoms with van der Waals surface area (Å²) in [5, 5.41) is 11.8. The van der Waals surface area contributed by atoms with Crippen molar-refractivity contribution in [3.8, 4) is 0 Å². The maximum Gasteiger partial charge on any atom is 0.311 e. The third kappa shape index (κ3) is 3.00. The van der Waals surface area contributed by atoms with Crippen LogP contribution in [0.1, 0.15) is 17.9 Å². The SMILES string of the molecule is CNCCC(C(=O)O)c1ccc(F)cc1F. The van der Waals surface area contributed by atoms with Crippen LogP contribution in [0.25, 0.3) is 0 Å². The summed E-state index contributed by atoms with van der Waals surface area (Å²) in [5.41, 5.74) is 0.0177. The average molecular weight is 229 g/mol. The highest BCUT2D eigenvalue weighted by atomic mass is 19.1. The fourth-order valence-corrected chi connectivity index (χ4v) is 1.48. The number of carboxylic acids is 1. The number of benzene rings is 1. The molecular formula is C11H13F2NO2. The summed E-state index contributed by atoms with van der Waals surface area (Å²) in [5.74, 6) is -3.59. The van der Waals surface area contributed by atoms with Crippen molar-refractivity contribution < 1.29 is 18.7 Å². The van der Waals surface area contributed by atoms with Crippen LogP contribution in [0, 0.1) is 11.6 Å². The predicted molar refractivity (Wildman–Crippen MR) is 55.3 cm³/mol. The van der Waals surface area contributed by atoms with Crippen molar-refractivity contribution in [3.63, 3.8) is 0 Å². The molecule has 88 valence electrons. The molecule has 16 heavy (non-hydrogen) atoms. The molecule has 0 aliphatic rings. The Kier molecular flexibility index (Phi) is 4.37. The predicted octanol–water partition coefficient (Wildman–Crippen LogP) is 1.74. The Hall–Kier alpha value is -1.49. The third-order valence-electron chi connectivity index (χ3n) is 2.32. The van der Waals surface area contributed by atoms with Crippen molar-refractivity contribution >= 4 is 5.97 Å². The molecule has 2 N–H and O–H groups in total. The van der Waals surface area contributed by atoms with Gasteiger partial charge in [-0.15, -0.1) is 0 Å². The fourth-order valence-electron chi connectivity index (χ4n) is 1.48. The highest BCUT2D eigenvalue weighted by Gasteiger charge is 2.22. The first-order valence-corrected chi connectivity index (χ1v) is 4.88. The Bertz CT molecular complexity index is 382. The van der Waals surface area contributed by atoms with E-state index in [1.165, 1.54) is 6.07 Å². The number of carboxylic acid groups (broad SMARTS) is 1. The molecular weight excluding hydrogens is 216 g/mol. The standard InChI is InChI=1S/C11H13F2NO2/c1-14-5-4-9(11(15)16)8-3-2-7(12)6-10(8)13/h2-3,6,9,14H,4-5H2,1H3,(H,15,16). The molecule has 0 saturated heterocycles. The maximum absolute atomic E-state index is 13.4. The van der Waals surface area contributed by atoms with Gasteiger partial charge in [-0.3, -0.25) is 4.79 Å². The molecule has 0 heterocycles. The van der Waals surface area contributed by atoms with E-state index in [4.69, 9.17) is 5.11 Å². The lowest BCUT2D eigenvalue weighted by Gasteiger charge is -2.13. The lowest BCUT2D eigenvalue weighted by molar-refractivity contribution is -0.139. The van der Waals surface area contributed by atoms with E-state index in [0.717, 1.165) is 6.07 Å². The molecule has 0 bridgehead atoms. The largest absolute Gasteiger partial charge is 0.481 e. The summed E-state index contributed by atoms with van der Waals surface area (Å²) in [6, 6.07) is 2.94. The van der Waals surface area contributed by atoms with E-state index in [1.807, 2.05) is 0 Å². The van der Waals surface area contributed by atoms with Gasteiger partial charge in [-0.1, -0.05) is 6.07 Å². The summed E-state index contributed by atoms with van der Waals surface area (Å²) < 4.78 is 26.0. The molecule has 0 radical (unpaired) electrons. The molecule has 0 spiro atoms. The topological polar surface area (TPSA) is 49.3 Å². The van der Waals surface area contributed by atoms with Crippen molar-refractivity contribution in [2.24, 2.45) is 0 Å². The summed E-state index contributed by atoms with van der Waals surface area (Å²) in [6.45, 7) is 0.452. The molecule has 3 nitrogen and oxygen atoms in total. The Labute approximate surface area is 92.1 Å². The zero-order chi connectivity index (χ0) is 12.1. The van der Waals surface area contributed by atoms with Gasteiger partial charge in [0.2, 0.25) is 0 Å². The van der Waals surface area contributed by atoms with Crippen LogP contribution < -0.4 is 5.32 Å². The van der Waals surface area contributed by atoms with E-state index >= 15 is 0 Å². The van der Waals surface area contributed by atoms with Crippen LogP contribution in [-0.4, -0.2) is 24.7 Å². The molecule has 1 aromatic carbocycles. The average Bonchev–Trinajstić information content (AvgIpc) is 2.20. The quantitative estimate of drug-likeness (QED) is 0.808. The van der Waals surface area contributed by atoms with Crippen molar-refractivity contribution in [1.29, 1.82) is 0 Å². The Morgan fingerprint density at radius 1 is 1.50 bits per heavy atom. The lowest BCUT2D eigenvalue weighted by Crippen LogP contribution is -2.19. The van der Waals surface area contributed by atoms with E-state index < -0.39 is 23.5 Å². The van der Waals surface area contributed by atoms with Crippen molar-refractivity contribution in [3.05, 3.63) is 35.4 Å². The first kappa shape index (κ1) is 12.6. The van der Waals surface area contributed by atoms with Gasteiger partial charge in [0.25, 0.3) is 0 Å². The number of hydrogen-bond acceptors (Lipinski definition) is 2. The van der Waals surface area contributed by atoms with Gasteiger partial charge >= 0.3 is 5.97 Å². The molecule has 0 amide bonds. The van der Waals surface area contributed by atoms with Crippen LogP contribution >= 0.6 is 0 Å². The highest BCUT2D eigenvalue weighted by Crippen LogP contribution is 2.23. The van der Waals surface area contributed by atoms with Crippen LogP contribution in [-0.2, 0) is 4.79 Å². The van der Waals surface area contributed by atoms with Gasteiger partial charge < -0.3 is 10.4 Å². The molecule has 1 unspecified atom stereocenters. The molecule has 1 rings (SSSR count). The minimum atomic E-state index is -1.11. The van der Waals surface area contributed by atoms with Gasteiger partial charge in [-0.2, -0.15) is 0 Å². The summed E-state index contributed by atoms with van der Waals surface area (Å²) in [7, 11) is 1.68. The second-order valence-electron chi connectivity index (χ2n) is 3.45. The molecule has 0 fully saturated rings. The minimum absolute atomic E-state index is 0.0177. The number of nitrogens with one attached hydrogen (secondary N) is 1. The lowest BCUT2D eigenvalue weighted by atomic mass is 9.95. The first-order valence-electron chi connectivity index (χ1n) is 4.88. The summed E-state index contributed by atoms with van der Waals surface area (Å²) in [6.07, 6.45) is 0.258. The van der Waals surface area contributed by atoms with E-state index in [0.29, 0.717) is 12.6 Å². The molecule has 0 aromatic heterocycles. The second kappa shape index (κ2) is 5.55. The summed E-state index contributed by atoms with van der Waals surface area (Å²) in [4.78, 5) is 11.0. The molecule has 0 aliphatic carbocycles. The second-order valence-corrected chi connectivity index (χ2v) is 3.45. The van der Waals surface area contributed by atoms with E-state index in [-0.39, 0.29) is 12.0 Å². The van der Waals surface area contributed by atoms with Crippen LogP contribution in [0.2, 0.25) is 0 Å². The van der Waals surface area contributed by atoms with Crippen molar-refractivity contribution in [1.82, 2.24) is 5.32 Å². The van der Waals surface area contributed by atoms with Crippen molar-refractivity contribution in [2.45, 2.75) is 12.3 Å². The Balaban J connectivity index is 2.96. The van der Waals surface area contributed by atoms with Gasteiger partial charge in [0.15, 0.2) is 0 Å². The van der Waals surface area contributed by atoms with E-state index in [9.17, 15) is 13.6 Å². The Morgan fingerprint density at radius 3 is 2.69 bits per heavy atom. The van der Waals surface area contributed by atoms with Gasteiger partial charge in [-0.05, 0) is 26.1 Å². The van der Waals surface area contributed by atoms with Crippen LogP contribution in [0.4, 0.5) is 8.78 Å². The Morgan fingerprint density at radius 2 is 2.19 bits per heavy atom. The van der Waals surface area contributed by atoms with Crippen molar-refractivity contribution in [2.75, 3.05) is 13.6 Å². The fraction of sp³-hybridized carbons (Fsp3) is 0.364. The van der Waals surface area contributed by atoms with Gasteiger partial charge in [0.1, 0.15) is 11.6 Å². The molecule has 0 aliphatic heterocycles. The number of carbonyl (C=O) groups is 1. The third-order valence-corrected chi connectivity index (χ3v) is 2.32. The van der Waals surface area contributed by atoms with Crippen LogP contribution in [0.5, 0.6) is 0 Å². The smallest absolute Gasteiger partial charge is 0.311 e. The van der Waals surface area contributed by atoms with Gasteiger partial charge in [0.05, 0.1) is 5.92 Å². The van der Waals surface area contributed by atoms with Crippen LogP contribution in [0.3, 0.4) is 0 Å². The number of rotatable bonds is 5. The normalized spacial score (nSPS) is 12.4. The monoisotopic (exact) mass is 229 g/mol. The first-order chi connectivity index (χ1) is 7.56. The zero-order valence-electron chi connectivity index (χ0n) is 8.84. The number of aliphatic carboxylic acids is 1.